The number of carbonyl (C=O) groups excluding carboxylic acids is 2. The molecule has 2 amide bonds. The summed E-state index contributed by atoms with van der Waals surface area (Å²) in [5.74, 6) is -0.0187. The second-order valence-corrected chi connectivity index (χ2v) is 8.58. The summed E-state index contributed by atoms with van der Waals surface area (Å²) in [5, 5.41) is 3.19. The van der Waals surface area contributed by atoms with Crippen molar-refractivity contribution in [1.29, 1.82) is 0 Å². The molecule has 2 aromatic carbocycles. The number of likely N-dealkylation sites (tertiary alicyclic amines) is 1. The topological polar surface area (TPSA) is 49.4 Å². The van der Waals surface area contributed by atoms with Crippen molar-refractivity contribution in [2.24, 2.45) is 0 Å². The molecule has 29 heavy (non-hydrogen) atoms. The Morgan fingerprint density at radius 3 is 2.38 bits per heavy atom. The summed E-state index contributed by atoms with van der Waals surface area (Å²) >= 11 is 0. The fourth-order valence-corrected chi connectivity index (χ4v) is 4.55. The molecular weight excluding hydrogens is 360 g/mol. The van der Waals surface area contributed by atoms with Gasteiger partial charge in [0.1, 0.15) is 5.54 Å². The first-order chi connectivity index (χ1) is 14.1. The Hall–Kier alpha value is -2.62. The van der Waals surface area contributed by atoms with Gasteiger partial charge < -0.3 is 10.2 Å². The molecule has 1 saturated heterocycles. The largest absolute Gasteiger partial charge is 0.351 e. The second kappa shape index (κ2) is 8.40. The maximum atomic E-state index is 13.4. The van der Waals surface area contributed by atoms with Gasteiger partial charge in [0.15, 0.2) is 0 Å². The van der Waals surface area contributed by atoms with Crippen molar-refractivity contribution in [1.82, 2.24) is 10.2 Å². The van der Waals surface area contributed by atoms with Gasteiger partial charge in [0.2, 0.25) is 5.91 Å². The third-order valence-electron chi connectivity index (χ3n) is 6.62. The van der Waals surface area contributed by atoms with Crippen LogP contribution in [0.25, 0.3) is 0 Å². The molecule has 2 fully saturated rings. The molecule has 1 saturated carbocycles. The lowest BCUT2D eigenvalue weighted by Gasteiger charge is -2.49. The zero-order chi connectivity index (χ0) is 20.3. The van der Waals surface area contributed by atoms with Crippen molar-refractivity contribution >= 4 is 11.8 Å². The smallest absolute Gasteiger partial charge is 0.255 e. The quantitative estimate of drug-likeness (QED) is 0.806. The van der Waals surface area contributed by atoms with Crippen LogP contribution in [-0.2, 0) is 17.6 Å². The minimum absolute atomic E-state index is 0.00534. The van der Waals surface area contributed by atoms with Gasteiger partial charge in [-0.15, -0.1) is 0 Å². The van der Waals surface area contributed by atoms with Crippen LogP contribution in [0, 0.1) is 0 Å². The predicted octanol–water partition coefficient (Wildman–Crippen LogP) is 4.14. The Balaban J connectivity index is 1.47. The molecule has 0 radical (unpaired) electrons. The van der Waals surface area contributed by atoms with E-state index < -0.39 is 5.54 Å². The molecule has 1 atom stereocenters. The van der Waals surface area contributed by atoms with E-state index in [1.165, 1.54) is 18.4 Å². The van der Waals surface area contributed by atoms with Crippen LogP contribution in [0.5, 0.6) is 0 Å². The average Bonchev–Trinajstić information content (AvgIpc) is 3.24. The van der Waals surface area contributed by atoms with E-state index in [9.17, 15) is 9.59 Å². The third kappa shape index (κ3) is 4.07. The summed E-state index contributed by atoms with van der Waals surface area (Å²) in [4.78, 5) is 28.1. The molecule has 1 unspecified atom stereocenters. The highest BCUT2D eigenvalue weighted by molar-refractivity contribution is 6.01. The average molecular weight is 391 g/mol. The van der Waals surface area contributed by atoms with E-state index in [4.69, 9.17) is 0 Å². The zero-order valence-corrected chi connectivity index (χ0v) is 17.2. The lowest BCUT2D eigenvalue weighted by molar-refractivity contribution is -0.138. The van der Waals surface area contributed by atoms with Gasteiger partial charge in [-0.3, -0.25) is 9.59 Å². The van der Waals surface area contributed by atoms with Gasteiger partial charge in [0.05, 0.1) is 0 Å². The predicted molar refractivity (Wildman–Crippen MR) is 115 cm³/mol. The first-order valence-corrected chi connectivity index (χ1v) is 10.8. The van der Waals surface area contributed by atoms with E-state index in [0.29, 0.717) is 6.54 Å². The van der Waals surface area contributed by atoms with Crippen molar-refractivity contribution in [2.45, 2.75) is 63.5 Å². The van der Waals surface area contributed by atoms with Gasteiger partial charge in [0, 0.05) is 18.2 Å². The lowest BCUT2D eigenvalue weighted by Crippen LogP contribution is -2.68. The summed E-state index contributed by atoms with van der Waals surface area (Å²) in [6.07, 6.45) is 6.90. The van der Waals surface area contributed by atoms with Gasteiger partial charge in [-0.2, -0.15) is 0 Å². The molecule has 1 aliphatic heterocycles. The molecule has 0 bridgehead atoms. The Morgan fingerprint density at radius 1 is 1.00 bits per heavy atom. The first-order valence-electron chi connectivity index (χ1n) is 10.8. The van der Waals surface area contributed by atoms with Crippen molar-refractivity contribution in [2.75, 3.05) is 6.54 Å². The van der Waals surface area contributed by atoms with Gasteiger partial charge in [-0.25, -0.2) is 0 Å². The molecule has 4 heteroatoms. The van der Waals surface area contributed by atoms with Gasteiger partial charge in [-0.05, 0) is 56.2 Å². The number of aryl methyl sites for hydroxylation is 2. The number of hydrogen-bond donors (Lipinski definition) is 1. The number of nitrogens with one attached hydrogen (secondary N) is 1. The third-order valence-corrected chi connectivity index (χ3v) is 6.62. The van der Waals surface area contributed by atoms with Crippen LogP contribution in [0.1, 0.15) is 60.5 Å². The summed E-state index contributed by atoms with van der Waals surface area (Å²) < 4.78 is 0. The molecule has 4 nitrogen and oxygen atoms in total. The lowest BCUT2D eigenvalue weighted by atomic mass is 9.84. The number of nitrogens with zero attached hydrogens (tertiary/aromatic N) is 1. The molecule has 2 aromatic rings. The van der Waals surface area contributed by atoms with E-state index in [0.717, 1.165) is 43.2 Å². The minimum Gasteiger partial charge on any atom is -0.351 e. The van der Waals surface area contributed by atoms with E-state index in [1.807, 2.05) is 49.4 Å². The molecule has 0 spiro atoms. The van der Waals surface area contributed by atoms with Gasteiger partial charge in [0.25, 0.3) is 5.91 Å². The number of amides is 2. The van der Waals surface area contributed by atoms with E-state index in [-0.39, 0.29) is 17.9 Å². The summed E-state index contributed by atoms with van der Waals surface area (Å²) in [6, 6.07) is 18.4. The molecule has 1 N–H and O–H groups in total. The van der Waals surface area contributed by atoms with Crippen LogP contribution in [0.15, 0.2) is 54.6 Å². The monoisotopic (exact) mass is 390 g/mol. The van der Waals surface area contributed by atoms with E-state index in [2.05, 4.69) is 17.4 Å². The molecule has 2 aliphatic rings. The van der Waals surface area contributed by atoms with Crippen LogP contribution < -0.4 is 5.32 Å². The molecule has 152 valence electrons. The fraction of sp³-hybridized carbons (Fsp3) is 0.440. The van der Waals surface area contributed by atoms with Crippen molar-refractivity contribution in [3.8, 4) is 0 Å². The number of carbonyl (C=O) groups is 2. The van der Waals surface area contributed by atoms with Crippen molar-refractivity contribution in [3.05, 3.63) is 71.3 Å². The highest BCUT2D eigenvalue weighted by Gasteiger charge is 2.50. The summed E-state index contributed by atoms with van der Waals surface area (Å²) in [5.41, 5.74) is 2.31. The highest BCUT2D eigenvalue weighted by Crippen LogP contribution is 2.33. The Bertz CT molecular complexity index is 873. The van der Waals surface area contributed by atoms with Crippen molar-refractivity contribution in [3.63, 3.8) is 0 Å². The highest BCUT2D eigenvalue weighted by atomic mass is 16.2. The van der Waals surface area contributed by atoms with Crippen LogP contribution in [0.4, 0.5) is 0 Å². The van der Waals surface area contributed by atoms with E-state index in [1.54, 1.807) is 4.90 Å². The van der Waals surface area contributed by atoms with Crippen LogP contribution in [0.3, 0.4) is 0 Å². The molecule has 1 aliphatic carbocycles. The van der Waals surface area contributed by atoms with Crippen LogP contribution >= 0.6 is 0 Å². The van der Waals surface area contributed by atoms with Crippen LogP contribution in [0.2, 0.25) is 0 Å². The second-order valence-electron chi connectivity index (χ2n) is 8.58. The number of hydrogen-bond acceptors (Lipinski definition) is 2. The van der Waals surface area contributed by atoms with Gasteiger partial charge >= 0.3 is 0 Å². The van der Waals surface area contributed by atoms with Gasteiger partial charge in [-0.1, -0.05) is 61.4 Å². The van der Waals surface area contributed by atoms with Crippen LogP contribution in [-0.4, -0.2) is 34.8 Å². The Kier molecular flexibility index (Phi) is 5.70. The first kappa shape index (κ1) is 19.7. The van der Waals surface area contributed by atoms with E-state index >= 15 is 0 Å². The van der Waals surface area contributed by atoms with Crippen molar-refractivity contribution < 1.29 is 9.59 Å². The maximum absolute atomic E-state index is 13.4. The fourth-order valence-electron chi connectivity index (χ4n) is 4.55. The number of benzene rings is 2. The Labute approximate surface area is 173 Å². The summed E-state index contributed by atoms with van der Waals surface area (Å²) in [7, 11) is 0. The summed E-state index contributed by atoms with van der Waals surface area (Å²) in [6.45, 7) is 2.55. The minimum atomic E-state index is -0.730. The molecule has 1 heterocycles. The Morgan fingerprint density at radius 2 is 1.69 bits per heavy atom. The number of rotatable bonds is 6. The maximum Gasteiger partial charge on any atom is 0.255 e. The normalized spacial score (nSPS) is 21.6. The zero-order valence-electron chi connectivity index (χ0n) is 17.2. The molecule has 0 aromatic heterocycles. The molecule has 4 rings (SSSR count). The SMILES string of the molecule is CC1(C(=O)NC2CCCC2)CCN1C(=O)c1ccccc1CCc1ccccc1. The standard InChI is InChI=1S/C25H30N2O2/c1-25(24(29)26-21-12-6-7-13-21)17-18-27(25)23(28)22-14-8-5-11-20(22)16-15-19-9-3-2-4-10-19/h2-5,8-11,14,21H,6-7,12-13,15-18H2,1H3,(H,26,29). The molecular formula is C25H30N2O2.